The van der Waals surface area contributed by atoms with Crippen molar-refractivity contribution in [1.82, 2.24) is 0 Å². The summed E-state index contributed by atoms with van der Waals surface area (Å²) in [5.41, 5.74) is -29.4. The number of rotatable bonds is 9. The van der Waals surface area contributed by atoms with Gasteiger partial charge in [-0.2, -0.15) is 127 Å². The molecule has 0 amide bonds. The van der Waals surface area contributed by atoms with Crippen molar-refractivity contribution in [3.8, 4) is 0 Å². The molecule has 0 spiro atoms. The third kappa shape index (κ3) is 14.2. The molecule has 95 heavy (non-hydrogen) atoms. The van der Waals surface area contributed by atoms with Crippen molar-refractivity contribution in [2.75, 3.05) is 5.75 Å². The van der Waals surface area contributed by atoms with Gasteiger partial charge in [-0.15, -0.1) is 0 Å². The molecule has 0 aliphatic rings. The molecule has 0 N–H and O–H groups in total. The van der Waals surface area contributed by atoms with E-state index in [1.54, 1.807) is 0 Å². The van der Waals surface area contributed by atoms with Crippen LogP contribution < -0.4 is 21.9 Å². The van der Waals surface area contributed by atoms with Crippen LogP contribution in [-0.2, 0) is 60.3 Å². The Balaban J connectivity index is 0.000000222. The monoisotopic (exact) mass is 1370 g/mol. The lowest BCUT2D eigenvalue weighted by molar-refractivity contribution is -0.144. The molecule has 11 rings (SSSR count). The Morgan fingerprint density at radius 3 is 0.674 bits per heavy atom. The maximum absolute atomic E-state index is 14.2. The van der Waals surface area contributed by atoms with Crippen molar-refractivity contribution in [2.24, 2.45) is 0 Å². The topological polar surface area (TPSA) is 17.1 Å². The van der Waals surface area contributed by atoms with Gasteiger partial charge >= 0.3 is 49.4 Å². The van der Waals surface area contributed by atoms with E-state index in [0.717, 1.165) is 5.56 Å². The third-order valence-electron chi connectivity index (χ3n) is 15.7. The van der Waals surface area contributed by atoms with Gasteiger partial charge in [-0.25, -0.2) is 0 Å². The van der Waals surface area contributed by atoms with E-state index in [0.29, 0.717) is 5.75 Å². The molecule has 0 fully saturated rings. The summed E-state index contributed by atoms with van der Waals surface area (Å²) in [5.74, 6) is 0.586. The first-order valence-electron chi connectivity index (χ1n) is 27.5. The lowest BCUT2D eigenvalue weighted by atomic mass is 9.12. The molecule has 27 heteroatoms. The Morgan fingerprint density at radius 2 is 0.463 bits per heavy atom. The van der Waals surface area contributed by atoms with Crippen LogP contribution in [-0.4, -0.2) is 17.7 Å². The Hall–Kier alpha value is -9.14. The van der Waals surface area contributed by atoms with Gasteiger partial charge in [-0.3, -0.25) is 4.79 Å². The van der Waals surface area contributed by atoms with E-state index in [9.17, 15) is 110 Å². The number of halogens is 24. The zero-order chi connectivity index (χ0) is 69.4. The second kappa shape index (κ2) is 24.6. The largest absolute Gasteiger partial charge is 0.416 e. The average molecular weight is 1370 g/mol. The van der Waals surface area contributed by atoms with E-state index in [1.165, 1.54) is 52.9 Å². The molecular weight excluding hydrogens is 1330 g/mol. The molecule has 0 unspecified atom stereocenters. The molecule has 1 nitrogen and oxygen atoms in total. The van der Waals surface area contributed by atoms with E-state index in [4.69, 9.17) is 0 Å². The standard InChI is InChI=1S/C36H25OS.C32H12BF24/c37-34(25-12-2-1-3-13-25)24-38(35-30-18-8-4-14-26(30)22-27-15-5-9-19-31(27)35)36-32-20-10-6-16-28(32)23-29-17-7-11-21-33(29)36;34-25(35,36)13-1-14(26(37,38)39)6-21(5-13)33(22-7-15(27(40,41)42)2-16(8-22)28(43,44)45,23-9-17(29(46,47)48)3-18(10-23)30(49,50)51)24-11-19(31(52,53)54)4-20(12-24)32(55,56)57/h1-23H,24H2;1-12H/q+1;-1. The zero-order valence-electron chi connectivity index (χ0n) is 47.4. The lowest BCUT2D eigenvalue weighted by Crippen LogP contribution is -2.75. The summed E-state index contributed by atoms with van der Waals surface area (Å²) in [6, 6.07) is 40.0. The van der Waals surface area contributed by atoms with E-state index in [-0.39, 0.29) is 5.78 Å². The SMILES string of the molecule is FC(F)(F)c1cc([B-](c2cc(C(F)(F)F)cc(C(F)(F)F)c2)(c2cc(C(F)(F)F)cc(C(F)(F)F)c2)c2cc(C(F)(F)F)cc(C(F)(F)F)c2)cc(C(F)(F)F)c1.O=C(C[S+](c1c2ccccc2cc2ccccc12)c1c2ccccc2cc2ccccc12)c1ccccc1. The Kier molecular flexibility index (Phi) is 17.8. The smallest absolute Gasteiger partial charge is 0.289 e. The number of carbonyl (C=O) groups excluding carboxylic acids is 1. The molecule has 492 valence electrons. The summed E-state index contributed by atoms with van der Waals surface area (Å²) in [6.07, 6.45) is -54.8. The summed E-state index contributed by atoms with van der Waals surface area (Å²) >= 11 is 0. The average Bonchev–Trinajstić information content (AvgIpc) is 0.713. The van der Waals surface area contributed by atoms with Crippen molar-refractivity contribution < 1.29 is 110 Å². The van der Waals surface area contributed by atoms with Gasteiger partial charge in [-0.1, -0.05) is 152 Å². The highest BCUT2D eigenvalue weighted by Crippen LogP contribution is 2.45. The van der Waals surface area contributed by atoms with Gasteiger partial charge in [-0.05, 0) is 82.2 Å². The predicted octanol–water partition coefficient (Wildman–Crippen LogP) is 20.4. The fraction of sp³-hybridized carbons (Fsp3) is 0.132. The molecular formula is C68H37BF24OS. The fourth-order valence-electron chi connectivity index (χ4n) is 11.6. The summed E-state index contributed by atoms with van der Waals surface area (Å²) in [4.78, 5) is 16.5. The van der Waals surface area contributed by atoms with Gasteiger partial charge in [0.25, 0.3) is 0 Å². The van der Waals surface area contributed by atoms with Crippen LogP contribution in [0.4, 0.5) is 105 Å². The second-order valence-corrected chi connectivity index (χ2v) is 23.7. The van der Waals surface area contributed by atoms with Crippen LogP contribution in [0.5, 0.6) is 0 Å². The molecule has 0 saturated heterocycles. The number of alkyl halides is 24. The van der Waals surface area contributed by atoms with Gasteiger partial charge in [0.05, 0.1) is 55.4 Å². The maximum Gasteiger partial charge on any atom is 0.416 e. The molecule has 0 aliphatic heterocycles. The molecule has 0 saturated carbocycles. The molecule has 0 aromatic heterocycles. The number of carbonyl (C=O) groups is 1. The summed E-state index contributed by atoms with van der Waals surface area (Å²) < 4.78 is 341. The quantitative estimate of drug-likeness (QED) is 0.0463. The normalized spacial score (nSPS) is 13.2. The molecule has 11 aromatic carbocycles. The van der Waals surface area contributed by atoms with E-state index >= 15 is 0 Å². The predicted molar refractivity (Wildman–Crippen MR) is 313 cm³/mol. The van der Waals surface area contributed by atoms with Crippen LogP contribution >= 0.6 is 0 Å². The minimum Gasteiger partial charge on any atom is -0.289 e. The van der Waals surface area contributed by atoms with Crippen LogP contribution in [0.1, 0.15) is 54.9 Å². The number of Topliss-reactive ketones (excluding diaryl/α,β-unsaturated/α-hetero) is 1. The number of fused-ring (bicyclic) bond motifs is 4. The summed E-state index contributed by atoms with van der Waals surface area (Å²) in [5, 5.41) is 9.68. The first-order chi connectivity index (χ1) is 44.0. The number of ketones is 1. The minimum atomic E-state index is -6.13. The lowest BCUT2D eigenvalue weighted by Gasteiger charge is -2.46. The minimum absolute atomic E-state index is 0.169. The van der Waals surface area contributed by atoms with Crippen LogP contribution in [0.15, 0.2) is 222 Å². The number of benzene rings is 11. The first-order valence-corrected chi connectivity index (χ1v) is 28.9. The maximum atomic E-state index is 14.2. The van der Waals surface area contributed by atoms with Crippen LogP contribution in [0, 0.1) is 0 Å². The second-order valence-electron chi connectivity index (χ2n) is 21.8. The van der Waals surface area contributed by atoms with Gasteiger partial charge in [0.1, 0.15) is 6.15 Å². The Labute approximate surface area is 523 Å². The zero-order valence-corrected chi connectivity index (χ0v) is 48.2. The Morgan fingerprint density at radius 1 is 0.263 bits per heavy atom. The molecule has 0 radical (unpaired) electrons. The molecule has 0 atom stereocenters. The highest BCUT2D eigenvalue weighted by Gasteiger charge is 2.48. The number of hydrogen-bond donors (Lipinski definition) is 0. The summed E-state index contributed by atoms with van der Waals surface area (Å²) in [6.45, 7) is 0. The van der Waals surface area contributed by atoms with Crippen LogP contribution in [0.25, 0.3) is 43.1 Å². The molecule has 11 aromatic rings. The molecule has 0 aliphatic carbocycles. The van der Waals surface area contributed by atoms with Crippen molar-refractivity contribution in [2.45, 2.75) is 59.2 Å². The van der Waals surface area contributed by atoms with E-state index < -0.39 is 206 Å². The molecule has 0 bridgehead atoms. The first kappa shape index (κ1) is 68.7. The Bertz CT molecular complexity index is 4070. The van der Waals surface area contributed by atoms with E-state index in [1.807, 2.05) is 30.3 Å². The third-order valence-corrected chi connectivity index (χ3v) is 18.2. The van der Waals surface area contributed by atoms with Crippen LogP contribution in [0.3, 0.4) is 0 Å². The van der Waals surface area contributed by atoms with E-state index in [2.05, 4.69) is 109 Å². The van der Waals surface area contributed by atoms with Crippen molar-refractivity contribution in [1.29, 1.82) is 0 Å². The van der Waals surface area contributed by atoms with Crippen molar-refractivity contribution >= 4 is 87.8 Å². The van der Waals surface area contributed by atoms with Crippen molar-refractivity contribution in [3.63, 3.8) is 0 Å². The van der Waals surface area contributed by atoms with Gasteiger partial charge < -0.3 is 0 Å². The van der Waals surface area contributed by atoms with Crippen molar-refractivity contribution in [3.05, 3.63) is 262 Å². The fourth-order valence-corrected chi connectivity index (χ4v) is 14.4. The number of hydrogen-bond acceptors (Lipinski definition) is 1. The van der Waals surface area contributed by atoms with Crippen LogP contribution in [0.2, 0.25) is 0 Å². The van der Waals surface area contributed by atoms with Gasteiger partial charge in [0.15, 0.2) is 15.5 Å². The summed E-state index contributed by atoms with van der Waals surface area (Å²) in [7, 11) is -0.530. The molecule has 0 heterocycles. The van der Waals surface area contributed by atoms with Gasteiger partial charge in [0, 0.05) is 27.1 Å². The highest BCUT2D eigenvalue weighted by molar-refractivity contribution is 7.98. The highest BCUT2D eigenvalue weighted by atomic mass is 32.2. The van der Waals surface area contributed by atoms with Gasteiger partial charge in [0.2, 0.25) is 5.78 Å².